The molecule has 0 fully saturated rings. The Kier molecular flexibility index (Phi) is 8.50. The third-order valence-corrected chi connectivity index (χ3v) is 11.0. The van der Waals surface area contributed by atoms with Crippen molar-refractivity contribution in [2.45, 2.75) is 6.92 Å². The van der Waals surface area contributed by atoms with E-state index >= 15 is 0 Å². The highest BCUT2D eigenvalue weighted by Gasteiger charge is 2.17. The topological polar surface area (TPSA) is 34.6 Å². The van der Waals surface area contributed by atoms with Gasteiger partial charge in [0.2, 0.25) is 0 Å². The molecular formula is C53H38N4. The monoisotopic (exact) mass is 730 g/mol. The van der Waals surface area contributed by atoms with Gasteiger partial charge in [0, 0.05) is 38.5 Å². The first-order chi connectivity index (χ1) is 28.2. The van der Waals surface area contributed by atoms with E-state index in [9.17, 15) is 0 Å². The van der Waals surface area contributed by atoms with Gasteiger partial charge in [-0.25, -0.2) is 9.98 Å². The highest BCUT2D eigenvalue weighted by molar-refractivity contribution is 6.13. The second-order valence-electron chi connectivity index (χ2n) is 14.3. The van der Waals surface area contributed by atoms with Gasteiger partial charge < -0.3 is 9.13 Å². The van der Waals surface area contributed by atoms with Crippen LogP contribution in [0.2, 0.25) is 0 Å². The summed E-state index contributed by atoms with van der Waals surface area (Å²) >= 11 is 0. The molecule has 0 saturated heterocycles. The lowest BCUT2D eigenvalue weighted by atomic mass is 10.0. The number of aliphatic imine (C=N–C) groups is 2. The summed E-state index contributed by atoms with van der Waals surface area (Å²) in [6.45, 7) is 5.95. The Morgan fingerprint density at radius 2 is 0.912 bits per heavy atom. The van der Waals surface area contributed by atoms with Crippen molar-refractivity contribution in [2.24, 2.45) is 9.98 Å². The molecule has 0 unspecified atom stereocenters. The number of nitrogens with zero attached hydrogens (tertiary/aromatic N) is 4. The average Bonchev–Trinajstić information content (AvgIpc) is 3.80. The molecule has 0 aliphatic carbocycles. The summed E-state index contributed by atoms with van der Waals surface area (Å²) in [5.41, 5.74) is 14.4. The molecule has 0 aliphatic rings. The molecule has 57 heavy (non-hydrogen) atoms. The standard InChI is InChI=1S/C53H38N4/c1-3-48(38-27-25-37(26-28-38)36-15-6-4-7-16-36)55-53(54-2)41-17-14-20-43(33-41)57-50-24-13-11-22-45(50)47-35-40(30-32-52(47)57)39-29-31-51-46(34-39)44-21-10-12-23-49(44)56(51)42-18-8-5-9-19-42/h3-35H,2H2,1H3/b48-3-,55-53?. The molecule has 270 valence electrons. The van der Waals surface area contributed by atoms with Gasteiger partial charge in [-0.05, 0) is 102 Å². The fourth-order valence-corrected chi connectivity index (χ4v) is 8.29. The summed E-state index contributed by atoms with van der Waals surface area (Å²) in [7, 11) is 0. The first-order valence-electron chi connectivity index (χ1n) is 19.3. The van der Waals surface area contributed by atoms with E-state index in [1.165, 1.54) is 54.8 Å². The quantitative estimate of drug-likeness (QED) is 0.116. The van der Waals surface area contributed by atoms with Gasteiger partial charge >= 0.3 is 0 Å². The zero-order chi connectivity index (χ0) is 38.3. The minimum absolute atomic E-state index is 0.573. The lowest BCUT2D eigenvalue weighted by Crippen LogP contribution is -2.01. The maximum absolute atomic E-state index is 5.05. The molecule has 10 rings (SSSR count). The van der Waals surface area contributed by atoms with Crippen molar-refractivity contribution >= 4 is 61.9 Å². The van der Waals surface area contributed by atoms with Gasteiger partial charge in [0.15, 0.2) is 5.84 Å². The van der Waals surface area contributed by atoms with Crippen LogP contribution in [0.5, 0.6) is 0 Å². The van der Waals surface area contributed by atoms with E-state index in [-0.39, 0.29) is 0 Å². The Morgan fingerprint density at radius 3 is 1.51 bits per heavy atom. The molecule has 4 heteroatoms. The van der Waals surface area contributed by atoms with Gasteiger partial charge in [-0.2, -0.15) is 0 Å². The fraction of sp³-hybridized carbons (Fsp3) is 0.0189. The summed E-state index contributed by atoms with van der Waals surface area (Å²) in [5.74, 6) is 0.573. The van der Waals surface area contributed by atoms with Gasteiger partial charge in [0.1, 0.15) is 0 Å². The van der Waals surface area contributed by atoms with Crippen molar-refractivity contribution in [2.75, 3.05) is 0 Å². The summed E-state index contributed by atoms with van der Waals surface area (Å²) in [6.07, 6.45) is 2.02. The predicted molar refractivity (Wildman–Crippen MR) is 242 cm³/mol. The third-order valence-electron chi connectivity index (χ3n) is 11.0. The minimum atomic E-state index is 0.573. The van der Waals surface area contributed by atoms with Crippen LogP contribution < -0.4 is 0 Å². The van der Waals surface area contributed by atoms with Crippen LogP contribution in [0, 0.1) is 0 Å². The fourth-order valence-electron chi connectivity index (χ4n) is 8.29. The van der Waals surface area contributed by atoms with E-state index in [4.69, 9.17) is 4.99 Å². The number of hydrogen-bond donors (Lipinski definition) is 0. The number of benzene rings is 8. The van der Waals surface area contributed by atoms with E-state index in [1.807, 2.05) is 19.1 Å². The molecule has 0 N–H and O–H groups in total. The second kappa shape index (κ2) is 14.3. The van der Waals surface area contributed by atoms with Crippen LogP contribution in [0.15, 0.2) is 210 Å². The van der Waals surface area contributed by atoms with Gasteiger partial charge in [-0.1, -0.05) is 140 Å². The molecule has 4 nitrogen and oxygen atoms in total. The smallest absolute Gasteiger partial charge is 0.159 e. The van der Waals surface area contributed by atoms with Crippen LogP contribution >= 0.6 is 0 Å². The van der Waals surface area contributed by atoms with E-state index in [0.29, 0.717) is 5.84 Å². The second-order valence-corrected chi connectivity index (χ2v) is 14.3. The zero-order valence-corrected chi connectivity index (χ0v) is 31.5. The molecule has 2 heterocycles. The van der Waals surface area contributed by atoms with E-state index in [0.717, 1.165) is 39.2 Å². The molecule has 0 amide bonds. The SMILES string of the molecule is C=NC(=N/C(=C\C)c1ccc(-c2ccccc2)cc1)c1cccc(-n2c3ccccc3c3cc(-c4ccc5c(c4)c4ccccc4n5-c4ccccc4)ccc32)c1. The van der Waals surface area contributed by atoms with Crippen LogP contribution in [0.4, 0.5) is 0 Å². The van der Waals surface area contributed by atoms with Crippen LogP contribution in [-0.4, -0.2) is 21.7 Å². The largest absolute Gasteiger partial charge is 0.309 e. The predicted octanol–water partition coefficient (Wildman–Crippen LogP) is 13.7. The van der Waals surface area contributed by atoms with Crippen molar-refractivity contribution in [1.29, 1.82) is 0 Å². The number of allylic oxidation sites excluding steroid dienone is 1. The van der Waals surface area contributed by atoms with Crippen molar-refractivity contribution in [3.8, 4) is 33.6 Å². The number of aromatic nitrogens is 2. The molecule has 10 aromatic rings. The number of amidine groups is 1. The number of fused-ring (bicyclic) bond motifs is 6. The van der Waals surface area contributed by atoms with E-state index in [2.05, 4.69) is 209 Å². The van der Waals surface area contributed by atoms with Crippen molar-refractivity contribution in [1.82, 2.24) is 9.13 Å². The van der Waals surface area contributed by atoms with Crippen LogP contribution in [0.25, 0.3) is 82.9 Å². The maximum Gasteiger partial charge on any atom is 0.159 e. The van der Waals surface area contributed by atoms with Crippen molar-refractivity contribution < 1.29 is 0 Å². The number of para-hydroxylation sites is 3. The first kappa shape index (κ1) is 34.0. The Morgan fingerprint density at radius 1 is 0.421 bits per heavy atom. The van der Waals surface area contributed by atoms with E-state index < -0.39 is 0 Å². The Bertz CT molecular complexity index is 3180. The average molecular weight is 731 g/mol. The van der Waals surface area contributed by atoms with Gasteiger partial charge in [0.05, 0.1) is 27.8 Å². The lowest BCUT2D eigenvalue weighted by Gasteiger charge is -2.11. The molecule has 0 atom stereocenters. The summed E-state index contributed by atoms with van der Waals surface area (Å²) < 4.78 is 4.70. The summed E-state index contributed by atoms with van der Waals surface area (Å²) in [5, 5.41) is 4.89. The Balaban J connectivity index is 1.04. The van der Waals surface area contributed by atoms with Crippen molar-refractivity contribution in [3.05, 3.63) is 211 Å². The third kappa shape index (κ3) is 5.96. The first-order valence-corrected chi connectivity index (χ1v) is 19.3. The van der Waals surface area contributed by atoms with Crippen LogP contribution in [0.3, 0.4) is 0 Å². The number of rotatable bonds is 7. The maximum atomic E-state index is 5.05. The Hall–Kier alpha value is -7.56. The summed E-state index contributed by atoms with van der Waals surface area (Å²) in [4.78, 5) is 9.48. The van der Waals surface area contributed by atoms with Gasteiger partial charge in [-0.3, -0.25) is 0 Å². The molecular weight excluding hydrogens is 693 g/mol. The van der Waals surface area contributed by atoms with Gasteiger partial charge in [-0.15, -0.1) is 0 Å². The zero-order valence-electron chi connectivity index (χ0n) is 31.5. The molecule has 8 aromatic carbocycles. The van der Waals surface area contributed by atoms with E-state index in [1.54, 1.807) is 0 Å². The normalized spacial score (nSPS) is 12.2. The lowest BCUT2D eigenvalue weighted by molar-refractivity contribution is 1.18. The van der Waals surface area contributed by atoms with Crippen LogP contribution in [-0.2, 0) is 0 Å². The molecule has 0 spiro atoms. The molecule has 0 bridgehead atoms. The molecule has 2 aromatic heterocycles. The molecule has 0 radical (unpaired) electrons. The highest BCUT2D eigenvalue weighted by Crippen LogP contribution is 2.38. The minimum Gasteiger partial charge on any atom is -0.309 e. The summed E-state index contributed by atoms with van der Waals surface area (Å²) in [6, 6.07) is 69.0. The Labute approximate surface area is 331 Å². The molecule has 0 saturated carbocycles. The molecule has 0 aliphatic heterocycles. The van der Waals surface area contributed by atoms with Crippen LogP contribution in [0.1, 0.15) is 18.1 Å². The van der Waals surface area contributed by atoms with Gasteiger partial charge in [0.25, 0.3) is 0 Å². The number of hydrogen-bond acceptors (Lipinski definition) is 1. The van der Waals surface area contributed by atoms with Crippen molar-refractivity contribution in [3.63, 3.8) is 0 Å². The highest BCUT2D eigenvalue weighted by atomic mass is 15.0.